The quantitative estimate of drug-likeness (QED) is 0.0373. The first-order valence-electron chi connectivity index (χ1n) is 31.8. The van der Waals surface area contributed by atoms with Gasteiger partial charge in [0.1, 0.15) is 6.61 Å². The molecule has 0 aromatic rings. The lowest BCUT2D eigenvalue weighted by atomic mass is 10.0. The first-order valence-corrected chi connectivity index (χ1v) is 31.8. The number of carbonyl (C=O) groups excluding carboxylic acids is 2. The Balaban J connectivity index is 3.50. The van der Waals surface area contributed by atoms with Crippen LogP contribution in [0, 0.1) is 0 Å². The average Bonchev–Trinajstić information content (AvgIpc) is 3.40. The Kier molecular flexibility index (Phi) is 61.4. The molecule has 5 heteroatoms. The van der Waals surface area contributed by atoms with Crippen LogP contribution in [0.4, 0.5) is 0 Å². The van der Waals surface area contributed by atoms with Gasteiger partial charge >= 0.3 is 11.9 Å². The summed E-state index contributed by atoms with van der Waals surface area (Å²) in [5.74, 6) is -0.590. The summed E-state index contributed by atoms with van der Waals surface area (Å²) in [6.45, 7) is 4.05. The van der Waals surface area contributed by atoms with E-state index in [0.717, 1.165) is 89.9 Å². The van der Waals surface area contributed by atoms with E-state index in [-0.39, 0.29) is 25.2 Å². The van der Waals surface area contributed by atoms with E-state index in [9.17, 15) is 14.7 Å². The zero-order valence-corrected chi connectivity index (χ0v) is 48.8. The Hall–Kier alpha value is -3.18. The number of hydrogen-bond acceptors (Lipinski definition) is 5. The molecule has 5 nitrogen and oxygen atoms in total. The lowest BCUT2D eigenvalue weighted by molar-refractivity contribution is -0.161. The minimum atomic E-state index is -0.781. The number of hydrogen-bond donors (Lipinski definition) is 1. The van der Waals surface area contributed by atoms with E-state index < -0.39 is 6.10 Å². The maximum absolute atomic E-state index is 12.3. The molecule has 1 unspecified atom stereocenters. The molecule has 0 radical (unpaired) electrons. The van der Waals surface area contributed by atoms with Crippen molar-refractivity contribution in [1.29, 1.82) is 0 Å². The smallest absolute Gasteiger partial charge is 0.306 e. The molecule has 0 aromatic carbocycles. The van der Waals surface area contributed by atoms with Gasteiger partial charge in [0.15, 0.2) is 6.10 Å². The highest BCUT2D eigenvalue weighted by Crippen LogP contribution is 2.17. The lowest BCUT2D eigenvalue weighted by Crippen LogP contribution is -2.28. The second kappa shape index (κ2) is 64.1. The Morgan fingerprint density at radius 2 is 0.581 bits per heavy atom. The second-order valence-electron chi connectivity index (χ2n) is 21.1. The molecule has 0 aliphatic heterocycles. The van der Waals surface area contributed by atoms with Crippen molar-refractivity contribution < 1.29 is 24.2 Å². The highest BCUT2D eigenvalue weighted by Gasteiger charge is 2.16. The van der Waals surface area contributed by atoms with Gasteiger partial charge in [-0.2, -0.15) is 0 Å². The molecule has 0 rings (SSSR count). The van der Waals surface area contributed by atoms with E-state index in [0.29, 0.717) is 12.8 Å². The summed E-state index contributed by atoms with van der Waals surface area (Å²) in [4.78, 5) is 24.6. The first kappa shape index (κ1) is 70.8. The molecule has 0 aromatic heterocycles. The molecule has 74 heavy (non-hydrogen) atoms. The number of rotatable bonds is 58. The van der Waals surface area contributed by atoms with Crippen LogP contribution in [-0.4, -0.2) is 36.4 Å². The van der Waals surface area contributed by atoms with Crippen molar-refractivity contribution in [3.63, 3.8) is 0 Å². The van der Waals surface area contributed by atoms with Crippen LogP contribution < -0.4 is 0 Å². The summed E-state index contributed by atoms with van der Waals surface area (Å²) in [6, 6.07) is 0. The van der Waals surface area contributed by atoms with Crippen LogP contribution in [0.3, 0.4) is 0 Å². The summed E-state index contributed by atoms with van der Waals surface area (Å²) >= 11 is 0. The molecule has 0 aliphatic rings. The fourth-order valence-electron chi connectivity index (χ4n) is 9.12. The standard InChI is InChI=1S/C69H120O5/c1-3-5-7-9-11-13-15-17-19-21-23-25-27-29-31-33-34-36-38-40-42-44-46-48-50-52-54-56-58-60-62-64-69(72)74-67(65-70)66-73-68(71)63-61-59-57-55-53-51-49-47-45-43-41-39-37-35-32-30-28-26-24-22-20-18-16-14-12-10-8-6-4-2/h5,7,11,13,17,19,22-25,29,31,34,36,40,42,67,70H,3-4,6,8-10,12,14-16,18,20-21,26-28,30,32-33,35,37-39,41,43-66H2,1-2H3/b7-5-,13-11-,19-17-,24-22-,25-23-,31-29-,36-34-,42-40-. The second-order valence-corrected chi connectivity index (χ2v) is 21.1. The van der Waals surface area contributed by atoms with Crippen molar-refractivity contribution in [3.8, 4) is 0 Å². The maximum atomic E-state index is 12.3. The highest BCUT2D eigenvalue weighted by molar-refractivity contribution is 5.70. The van der Waals surface area contributed by atoms with E-state index in [2.05, 4.69) is 111 Å². The van der Waals surface area contributed by atoms with Gasteiger partial charge in [-0.3, -0.25) is 9.59 Å². The molecule has 0 amide bonds. The zero-order chi connectivity index (χ0) is 53.4. The number of allylic oxidation sites excluding steroid dienone is 16. The lowest BCUT2D eigenvalue weighted by Gasteiger charge is -2.15. The molecule has 0 heterocycles. The third kappa shape index (κ3) is 61.4. The molecule has 0 spiro atoms. The van der Waals surface area contributed by atoms with E-state index in [1.54, 1.807) is 0 Å². The molecule has 1 atom stereocenters. The van der Waals surface area contributed by atoms with Crippen LogP contribution in [0.2, 0.25) is 0 Å². The van der Waals surface area contributed by atoms with Gasteiger partial charge in [0.25, 0.3) is 0 Å². The van der Waals surface area contributed by atoms with Gasteiger partial charge in [-0.15, -0.1) is 0 Å². The zero-order valence-electron chi connectivity index (χ0n) is 48.8. The van der Waals surface area contributed by atoms with E-state index in [4.69, 9.17) is 9.47 Å². The molecule has 0 bridgehead atoms. The fraction of sp³-hybridized carbons (Fsp3) is 0.739. The van der Waals surface area contributed by atoms with Gasteiger partial charge in [-0.25, -0.2) is 0 Å². The van der Waals surface area contributed by atoms with Crippen molar-refractivity contribution in [2.24, 2.45) is 0 Å². The predicted octanol–water partition coefficient (Wildman–Crippen LogP) is 21.9. The molecule has 0 saturated carbocycles. The summed E-state index contributed by atoms with van der Waals surface area (Å²) in [7, 11) is 0. The number of aliphatic hydroxyl groups excluding tert-OH is 1. The first-order chi connectivity index (χ1) is 36.6. The number of unbranched alkanes of at least 4 members (excludes halogenated alkanes) is 34. The Morgan fingerprint density at radius 3 is 0.892 bits per heavy atom. The van der Waals surface area contributed by atoms with Crippen LogP contribution >= 0.6 is 0 Å². The third-order valence-electron chi connectivity index (χ3n) is 13.9. The normalized spacial score (nSPS) is 12.9. The topological polar surface area (TPSA) is 72.8 Å². The van der Waals surface area contributed by atoms with Gasteiger partial charge in [0, 0.05) is 12.8 Å². The number of ether oxygens (including phenoxy) is 2. The highest BCUT2D eigenvalue weighted by atomic mass is 16.6. The largest absolute Gasteiger partial charge is 0.462 e. The molecule has 0 fully saturated rings. The van der Waals surface area contributed by atoms with Crippen molar-refractivity contribution in [1.82, 2.24) is 0 Å². The fourth-order valence-corrected chi connectivity index (χ4v) is 9.12. The van der Waals surface area contributed by atoms with E-state index >= 15 is 0 Å². The Labute approximate surface area is 459 Å². The molecule has 426 valence electrons. The predicted molar refractivity (Wildman–Crippen MR) is 325 cm³/mol. The number of aliphatic hydroxyl groups is 1. The molecule has 0 aliphatic carbocycles. The van der Waals surface area contributed by atoms with Gasteiger partial charge in [0.2, 0.25) is 0 Å². The SMILES string of the molecule is CC/C=C\C/C=C\C/C=C\C/C=C\C/C=C\C/C=C\C/C=C\CCCCCCCCCCCC(=O)OC(CO)COC(=O)CCCCCCCCCCCCCCCCCCC/C=C\CCCCCCCCCC. The Morgan fingerprint density at radius 1 is 0.324 bits per heavy atom. The van der Waals surface area contributed by atoms with Crippen molar-refractivity contribution in [2.75, 3.05) is 13.2 Å². The monoisotopic (exact) mass is 1030 g/mol. The van der Waals surface area contributed by atoms with Crippen LogP contribution in [0.25, 0.3) is 0 Å². The number of carbonyl (C=O) groups is 2. The molecule has 0 saturated heterocycles. The molecular formula is C69H120O5. The molecule has 1 N–H and O–H groups in total. The minimum Gasteiger partial charge on any atom is -0.462 e. The van der Waals surface area contributed by atoms with E-state index in [1.807, 2.05) is 0 Å². The average molecular weight is 1030 g/mol. The van der Waals surface area contributed by atoms with E-state index in [1.165, 1.54) is 193 Å². The summed E-state index contributed by atoms with van der Waals surface area (Å²) in [6.07, 6.45) is 91.2. The van der Waals surface area contributed by atoms with Crippen molar-refractivity contribution in [3.05, 3.63) is 97.2 Å². The maximum Gasteiger partial charge on any atom is 0.306 e. The van der Waals surface area contributed by atoms with Gasteiger partial charge in [-0.1, -0.05) is 297 Å². The van der Waals surface area contributed by atoms with Gasteiger partial charge < -0.3 is 14.6 Å². The third-order valence-corrected chi connectivity index (χ3v) is 13.9. The summed E-state index contributed by atoms with van der Waals surface area (Å²) in [5, 5.41) is 9.68. The van der Waals surface area contributed by atoms with Crippen LogP contribution in [-0.2, 0) is 19.1 Å². The van der Waals surface area contributed by atoms with Gasteiger partial charge in [0.05, 0.1) is 6.61 Å². The summed E-state index contributed by atoms with van der Waals surface area (Å²) in [5.41, 5.74) is 0. The van der Waals surface area contributed by atoms with Crippen molar-refractivity contribution in [2.45, 2.75) is 315 Å². The summed E-state index contributed by atoms with van der Waals surface area (Å²) < 4.78 is 10.7. The van der Waals surface area contributed by atoms with Crippen LogP contribution in [0.15, 0.2) is 97.2 Å². The van der Waals surface area contributed by atoms with Crippen LogP contribution in [0.5, 0.6) is 0 Å². The Bertz CT molecular complexity index is 1400. The van der Waals surface area contributed by atoms with Crippen LogP contribution in [0.1, 0.15) is 309 Å². The minimum absolute atomic E-state index is 0.0700. The van der Waals surface area contributed by atoms with Gasteiger partial charge in [-0.05, 0) is 96.3 Å². The van der Waals surface area contributed by atoms with Crippen molar-refractivity contribution >= 4 is 11.9 Å². The number of esters is 2. The molecular weight excluding hydrogens is 909 g/mol.